The smallest absolute Gasteiger partial charge is 0.297 e. The normalized spacial score (nSPS) is 14.8. The number of ether oxygens (including phenoxy) is 1. The fourth-order valence-corrected chi connectivity index (χ4v) is 6.32. The van der Waals surface area contributed by atoms with Crippen LogP contribution in [-0.2, 0) is 5.75 Å². The summed E-state index contributed by atoms with van der Waals surface area (Å²) < 4.78 is 12.0. The Kier molecular flexibility index (Phi) is 6.19. The summed E-state index contributed by atoms with van der Waals surface area (Å²) in [5, 5.41) is 9.75. The van der Waals surface area contributed by atoms with E-state index in [0.717, 1.165) is 16.9 Å². The molecule has 7 nitrogen and oxygen atoms in total. The Morgan fingerprint density at radius 1 is 1.05 bits per heavy atom. The molecule has 1 aliphatic heterocycles. The molecule has 0 spiro atoms. The minimum absolute atomic E-state index is 0.00525. The molecule has 0 bridgehead atoms. The van der Waals surface area contributed by atoms with E-state index >= 15 is 0 Å². The average molecular weight is 548 g/mol. The van der Waals surface area contributed by atoms with Gasteiger partial charge in [0.2, 0.25) is 10.9 Å². The molecule has 0 saturated carbocycles. The van der Waals surface area contributed by atoms with Gasteiger partial charge in [0.05, 0.1) is 24.1 Å². The van der Waals surface area contributed by atoms with E-state index in [1.165, 1.54) is 28.0 Å². The van der Waals surface area contributed by atoms with Gasteiger partial charge in [-0.25, -0.2) is 0 Å². The summed E-state index contributed by atoms with van der Waals surface area (Å²) in [6.07, 6.45) is 0. The van der Waals surface area contributed by atoms with Crippen LogP contribution in [0.1, 0.15) is 33.3 Å². The first-order valence-corrected chi connectivity index (χ1v) is 13.5. The number of benzene rings is 3. The third-order valence-corrected chi connectivity index (χ3v) is 8.43. The van der Waals surface area contributed by atoms with E-state index in [1.807, 2.05) is 42.5 Å². The number of fused-ring (bicyclic) bond motifs is 2. The molecule has 1 aliphatic rings. The van der Waals surface area contributed by atoms with Crippen LogP contribution in [0.5, 0.6) is 5.75 Å². The molecular weight excluding hydrogens is 530 g/mol. The van der Waals surface area contributed by atoms with Gasteiger partial charge in [0, 0.05) is 10.8 Å². The van der Waals surface area contributed by atoms with Crippen molar-refractivity contribution in [1.82, 2.24) is 10.2 Å². The number of carbonyl (C=O) groups excluding carboxylic acids is 1. The van der Waals surface area contributed by atoms with Crippen LogP contribution >= 0.6 is 34.7 Å². The van der Waals surface area contributed by atoms with Crippen LogP contribution in [0.2, 0.25) is 5.02 Å². The van der Waals surface area contributed by atoms with Crippen LogP contribution in [0.15, 0.2) is 86.3 Å². The highest BCUT2D eigenvalue weighted by Crippen LogP contribution is 2.43. The number of carbonyl (C=O) groups is 1. The molecule has 0 saturated heterocycles. The van der Waals surface area contributed by atoms with Gasteiger partial charge >= 0.3 is 0 Å². The first-order valence-electron chi connectivity index (χ1n) is 11.3. The van der Waals surface area contributed by atoms with Gasteiger partial charge in [-0.2, -0.15) is 0 Å². The van der Waals surface area contributed by atoms with Crippen LogP contribution < -0.4 is 15.1 Å². The second-order valence-electron chi connectivity index (χ2n) is 8.29. The number of anilines is 1. The van der Waals surface area contributed by atoms with Crippen molar-refractivity contribution in [3.05, 3.63) is 110 Å². The third-order valence-electron chi connectivity index (χ3n) is 6.07. The Morgan fingerprint density at radius 2 is 1.84 bits per heavy atom. The Hall–Kier alpha value is -3.66. The molecule has 6 rings (SSSR count). The largest absolute Gasteiger partial charge is 0.497 e. The van der Waals surface area contributed by atoms with Crippen molar-refractivity contribution in [2.45, 2.75) is 16.1 Å². The van der Waals surface area contributed by atoms with Gasteiger partial charge < -0.3 is 9.15 Å². The van der Waals surface area contributed by atoms with Crippen molar-refractivity contribution in [3.8, 4) is 5.75 Å². The fraction of sp³-hybridized carbons (Fsp3) is 0.111. The molecule has 2 aromatic heterocycles. The SMILES string of the molecule is COc1ccc(C2c3c(oc4ccc(Cl)cc4c3=O)C(=O)N2c2nnc(SCc3ccccc3)s2)cc1. The zero-order valence-corrected chi connectivity index (χ0v) is 21.8. The summed E-state index contributed by atoms with van der Waals surface area (Å²) in [4.78, 5) is 28.9. The molecule has 184 valence electrons. The highest BCUT2D eigenvalue weighted by Gasteiger charge is 2.45. The zero-order valence-electron chi connectivity index (χ0n) is 19.4. The van der Waals surface area contributed by atoms with E-state index in [2.05, 4.69) is 10.2 Å². The molecule has 0 fully saturated rings. The molecule has 0 radical (unpaired) electrons. The fourth-order valence-electron chi connectivity index (χ4n) is 4.32. The summed E-state index contributed by atoms with van der Waals surface area (Å²) in [7, 11) is 1.58. The zero-order chi connectivity index (χ0) is 25.5. The van der Waals surface area contributed by atoms with Crippen molar-refractivity contribution in [1.29, 1.82) is 0 Å². The highest BCUT2D eigenvalue weighted by atomic mass is 35.5. The lowest BCUT2D eigenvalue weighted by Crippen LogP contribution is -2.29. The van der Waals surface area contributed by atoms with Crippen LogP contribution in [0.4, 0.5) is 5.13 Å². The first-order chi connectivity index (χ1) is 18.0. The first kappa shape index (κ1) is 23.7. The maximum atomic E-state index is 13.7. The molecule has 1 amide bonds. The van der Waals surface area contributed by atoms with E-state index < -0.39 is 11.9 Å². The summed E-state index contributed by atoms with van der Waals surface area (Å²) in [6, 6.07) is 21.3. The summed E-state index contributed by atoms with van der Waals surface area (Å²) >= 11 is 9.00. The van der Waals surface area contributed by atoms with E-state index in [0.29, 0.717) is 31.2 Å². The van der Waals surface area contributed by atoms with Crippen LogP contribution in [0.25, 0.3) is 11.0 Å². The summed E-state index contributed by atoms with van der Waals surface area (Å²) in [5.41, 5.74) is 2.12. The molecule has 0 aliphatic carbocycles. The number of nitrogens with zero attached hydrogens (tertiary/aromatic N) is 3. The third kappa shape index (κ3) is 4.29. The van der Waals surface area contributed by atoms with Crippen molar-refractivity contribution in [2.24, 2.45) is 0 Å². The minimum atomic E-state index is -0.743. The Balaban J connectivity index is 1.45. The van der Waals surface area contributed by atoms with Gasteiger partial charge in [-0.3, -0.25) is 14.5 Å². The molecule has 10 heteroatoms. The van der Waals surface area contributed by atoms with Crippen molar-refractivity contribution >= 4 is 56.7 Å². The Morgan fingerprint density at radius 3 is 2.59 bits per heavy atom. The number of methoxy groups -OCH3 is 1. The Bertz CT molecular complexity index is 1690. The molecule has 37 heavy (non-hydrogen) atoms. The maximum absolute atomic E-state index is 13.7. The summed E-state index contributed by atoms with van der Waals surface area (Å²) in [5.74, 6) is 0.931. The Labute approximate surface area is 224 Å². The van der Waals surface area contributed by atoms with Crippen LogP contribution in [0.3, 0.4) is 0 Å². The van der Waals surface area contributed by atoms with E-state index in [-0.39, 0.29) is 16.8 Å². The number of hydrogen-bond acceptors (Lipinski definition) is 8. The topological polar surface area (TPSA) is 85.5 Å². The number of halogens is 1. The average Bonchev–Trinajstić information content (AvgIpc) is 3.51. The number of rotatable bonds is 6. The van der Waals surface area contributed by atoms with Crippen molar-refractivity contribution in [2.75, 3.05) is 12.0 Å². The van der Waals surface area contributed by atoms with Gasteiger partial charge in [-0.15, -0.1) is 10.2 Å². The van der Waals surface area contributed by atoms with E-state index in [4.69, 9.17) is 20.8 Å². The van der Waals surface area contributed by atoms with Gasteiger partial charge in [-0.1, -0.05) is 77.2 Å². The molecule has 1 atom stereocenters. The highest BCUT2D eigenvalue weighted by molar-refractivity contribution is 8.00. The standard InChI is InChI=1S/C27H18ClN3O4S2/c1-34-18-10-7-16(8-11-18)22-21-23(32)19-13-17(28)9-12-20(19)35-24(21)25(33)31(22)26-29-30-27(37-26)36-14-15-5-3-2-4-6-15/h2-13,22H,14H2,1H3. The monoisotopic (exact) mass is 547 g/mol. The lowest BCUT2D eigenvalue weighted by Gasteiger charge is -2.22. The van der Waals surface area contributed by atoms with Crippen LogP contribution in [-0.4, -0.2) is 23.2 Å². The predicted octanol–water partition coefficient (Wildman–Crippen LogP) is 6.35. The lowest BCUT2D eigenvalue weighted by molar-refractivity contribution is 0.0970. The predicted molar refractivity (Wildman–Crippen MR) is 145 cm³/mol. The molecule has 0 N–H and O–H groups in total. The van der Waals surface area contributed by atoms with Crippen LogP contribution in [0, 0.1) is 0 Å². The molecule has 1 unspecified atom stereocenters. The van der Waals surface area contributed by atoms with Gasteiger partial charge in [0.25, 0.3) is 5.91 Å². The lowest BCUT2D eigenvalue weighted by atomic mass is 9.98. The van der Waals surface area contributed by atoms with Crippen molar-refractivity contribution in [3.63, 3.8) is 0 Å². The molecule has 3 aromatic carbocycles. The quantitative estimate of drug-likeness (QED) is 0.181. The van der Waals surface area contributed by atoms with E-state index in [1.54, 1.807) is 37.4 Å². The van der Waals surface area contributed by atoms with E-state index in [9.17, 15) is 9.59 Å². The molecule has 5 aromatic rings. The second-order valence-corrected chi connectivity index (χ2v) is 10.9. The molecule has 3 heterocycles. The number of thioether (sulfide) groups is 1. The molecular formula is C27H18ClN3O4S2. The van der Waals surface area contributed by atoms with Crippen molar-refractivity contribution < 1.29 is 13.9 Å². The minimum Gasteiger partial charge on any atom is -0.497 e. The number of hydrogen-bond donors (Lipinski definition) is 0. The van der Waals surface area contributed by atoms with Gasteiger partial charge in [-0.05, 0) is 41.5 Å². The maximum Gasteiger partial charge on any atom is 0.297 e. The summed E-state index contributed by atoms with van der Waals surface area (Å²) in [6.45, 7) is 0. The van der Waals surface area contributed by atoms with Gasteiger partial charge in [0.15, 0.2) is 9.77 Å². The number of aromatic nitrogens is 2. The van der Waals surface area contributed by atoms with Gasteiger partial charge in [0.1, 0.15) is 11.3 Å². The second kappa shape index (κ2) is 9.66. The number of amides is 1.